The molecular weight excluding hydrogens is 218 g/mol. The lowest BCUT2D eigenvalue weighted by Crippen LogP contribution is -2.44. The van der Waals surface area contributed by atoms with E-state index in [0.29, 0.717) is 13.0 Å². The van der Waals surface area contributed by atoms with Gasteiger partial charge in [0.15, 0.2) is 0 Å². The number of amides is 1. The topological polar surface area (TPSA) is 55.3 Å². The molecule has 1 aromatic heterocycles. The maximum absolute atomic E-state index is 11.9. The van der Waals surface area contributed by atoms with E-state index in [1.54, 1.807) is 0 Å². The molecule has 0 saturated carbocycles. The Kier molecular flexibility index (Phi) is 3.81. The van der Waals surface area contributed by atoms with Crippen molar-refractivity contribution in [1.29, 1.82) is 0 Å². The fourth-order valence-corrected chi connectivity index (χ4v) is 1.99. The zero-order valence-electron chi connectivity index (χ0n) is 10.3. The molecule has 2 rings (SSSR count). The molecule has 1 saturated heterocycles. The van der Waals surface area contributed by atoms with E-state index >= 15 is 0 Å². The number of ether oxygens (including phenoxy) is 1. The second-order valence-electron chi connectivity index (χ2n) is 4.42. The first-order valence-corrected chi connectivity index (χ1v) is 5.93. The molecule has 1 amide bonds. The lowest BCUT2D eigenvalue weighted by atomic mass is 10.2. The Hall–Kier alpha value is -1.33. The summed E-state index contributed by atoms with van der Waals surface area (Å²) >= 11 is 0. The van der Waals surface area contributed by atoms with E-state index in [0.717, 1.165) is 24.5 Å². The molecule has 5 heteroatoms. The summed E-state index contributed by atoms with van der Waals surface area (Å²) in [7, 11) is 0. The molecule has 2 N–H and O–H groups in total. The van der Waals surface area contributed by atoms with Crippen LogP contribution >= 0.6 is 0 Å². The van der Waals surface area contributed by atoms with Gasteiger partial charge in [-0.15, -0.1) is 0 Å². The molecule has 5 nitrogen and oxygen atoms in total. The Labute approximate surface area is 101 Å². The molecule has 0 bridgehead atoms. The maximum Gasteiger partial charge on any atom is 0.240 e. The van der Waals surface area contributed by atoms with Crippen LogP contribution in [-0.2, 0) is 9.53 Å². The van der Waals surface area contributed by atoms with E-state index < -0.39 is 0 Å². The Balaban J connectivity index is 1.88. The van der Waals surface area contributed by atoms with Crippen molar-refractivity contribution in [2.24, 2.45) is 0 Å². The molecule has 2 heterocycles. The monoisotopic (exact) mass is 237 g/mol. The van der Waals surface area contributed by atoms with Gasteiger partial charge >= 0.3 is 0 Å². The molecule has 1 atom stereocenters. The van der Waals surface area contributed by atoms with Gasteiger partial charge in [-0.1, -0.05) is 0 Å². The van der Waals surface area contributed by atoms with E-state index in [2.05, 4.69) is 10.7 Å². The molecule has 1 unspecified atom stereocenters. The molecule has 94 valence electrons. The van der Waals surface area contributed by atoms with Crippen LogP contribution in [0.5, 0.6) is 0 Å². The van der Waals surface area contributed by atoms with Gasteiger partial charge in [0.1, 0.15) is 0 Å². The van der Waals surface area contributed by atoms with Gasteiger partial charge in [0, 0.05) is 30.4 Å². The predicted molar refractivity (Wildman–Crippen MR) is 65.5 cm³/mol. The number of hydrogen-bond acceptors (Lipinski definition) is 3. The highest BCUT2D eigenvalue weighted by Crippen LogP contribution is 2.05. The standard InChI is InChI=1S/C12H19N3O2/c1-9-3-4-10(2)15(9)14-12(16)7-11-8-17-6-5-13-11/h3-4,11,13H,5-8H2,1-2H3,(H,14,16). The van der Waals surface area contributed by atoms with Gasteiger partial charge < -0.3 is 10.1 Å². The van der Waals surface area contributed by atoms with Gasteiger partial charge in [0.2, 0.25) is 5.91 Å². The highest BCUT2D eigenvalue weighted by molar-refractivity contribution is 5.84. The first kappa shape index (κ1) is 12.1. The van der Waals surface area contributed by atoms with Crippen molar-refractivity contribution in [3.8, 4) is 0 Å². The molecule has 0 radical (unpaired) electrons. The van der Waals surface area contributed by atoms with E-state index in [4.69, 9.17) is 4.74 Å². The van der Waals surface area contributed by atoms with Crippen molar-refractivity contribution in [2.75, 3.05) is 25.2 Å². The summed E-state index contributed by atoms with van der Waals surface area (Å²) in [6.07, 6.45) is 0.442. The zero-order chi connectivity index (χ0) is 12.3. The third-order valence-corrected chi connectivity index (χ3v) is 2.94. The van der Waals surface area contributed by atoms with Crippen molar-refractivity contribution in [2.45, 2.75) is 26.3 Å². The summed E-state index contributed by atoms with van der Waals surface area (Å²) in [5, 5.41) is 3.26. The quantitative estimate of drug-likeness (QED) is 0.807. The molecule has 1 aliphatic rings. The lowest BCUT2D eigenvalue weighted by molar-refractivity contribution is -0.118. The number of aryl methyl sites for hydroxylation is 2. The van der Waals surface area contributed by atoms with Gasteiger partial charge in [-0.2, -0.15) is 0 Å². The Bertz CT molecular complexity index is 375. The van der Waals surface area contributed by atoms with Crippen LogP contribution in [0, 0.1) is 13.8 Å². The van der Waals surface area contributed by atoms with Gasteiger partial charge in [-0.05, 0) is 26.0 Å². The molecular formula is C12H19N3O2. The summed E-state index contributed by atoms with van der Waals surface area (Å²) in [5.74, 6) is 0.00963. The fraction of sp³-hybridized carbons (Fsp3) is 0.583. The maximum atomic E-state index is 11.9. The van der Waals surface area contributed by atoms with Gasteiger partial charge in [0.25, 0.3) is 0 Å². The van der Waals surface area contributed by atoms with Crippen molar-refractivity contribution < 1.29 is 9.53 Å². The average Bonchev–Trinajstić information content (AvgIpc) is 2.62. The van der Waals surface area contributed by atoms with E-state index in [9.17, 15) is 4.79 Å². The molecule has 0 aromatic carbocycles. The second-order valence-corrected chi connectivity index (χ2v) is 4.42. The van der Waals surface area contributed by atoms with Crippen LogP contribution < -0.4 is 10.7 Å². The number of rotatable bonds is 3. The first-order valence-electron chi connectivity index (χ1n) is 5.93. The van der Waals surface area contributed by atoms with Crippen molar-refractivity contribution in [3.63, 3.8) is 0 Å². The minimum absolute atomic E-state index is 0.00963. The summed E-state index contributed by atoms with van der Waals surface area (Å²) in [5.41, 5.74) is 4.95. The van der Waals surface area contributed by atoms with Gasteiger partial charge in [-0.25, -0.2) is 0 Å². The summed E-state index contributed by atoms with van der Waals surface area (Å²) < 4.78 is 7.13. The van der Waals surface area contributed by atoms with Crippen LogP contribution in [0.15, 0.2) is 12.1 Å². The fourth-order valence-electron chi connectivity index (χ4n) is 1.99. The normalized spacial score (nSPS) is 20.2. The number of morpholine rings is 1. The summed E-state index contributed by atoms with van der Waals surface area (Å²) in [4.78, 5) is 11.9. The van der Waals surface area contributed by atoms with Crippen molar-refractivity contribution >= 4 is 5.91 Å². The number of nitrogens with zero attached hydrogens (tertiary/aromatic N) is 1. The summed E-state index contributed by atoms with van der Waals surface area (Å²) in [6.45, 7) is 6.09. The predicted octanol–water partition coefficient (Wildman–Crippen LogP) is 0.554. The average molecular weight is 237 g/mol. The molecule has 0 aliphatic carbocycles. The highest BCUT2D eigenvalue weighted by atomic mass is 16.5. The van der Waals surface area contributed by atoms with Crippen molar-refractivity contribution in [3.05, 3.63) is 23.5 Å². The number of nitrogens with one attached hydrogen (secondary N) is 2. The highest BCUT2D eigenvalue weighted by Gasteiger charge is 2.17. The summed E-state index contributed by atoms with van der Waals surface area (Å²) in [6, 6.07) is 4.09. The zero-order valence-corrected chi connectivity index (χ0v) is 10.3. The molecule has 1 aliphatic heterocycles. The van der Waals surface area contributed by atoms with Gasteiger partial charge in [-0.3, -0.25) is 14.9 Å². The SMILES string of the molecule is Cc1ccc(C)n1NC(=O)CC1COCCN1. The van der Waals surface area contributed by atoms with E-state index in [-0.39, 0.29) is 11.9 Å². The first-order chi connectivity index (χ1) is 8.16. The number of carbonyl (C=O) groups is 1. The third kappa shape index (κ3) is 3.08. The third-order valence-electron chi connectivity index (χ3n) is 2.94. The van der Waals surface area contributed by atoms with Crippen LogP contribution in [0.3, 0.4) is 0 Å². The van der Waals surface area contributed by atoms with Crippen LogP contribution in [-0.4, -0.2) is 36.4 Å². The van der Waals surface area contributed by atoms with Gasteiger partial charge in [0.05, 0.1) is 13.2 Å². The Morgan fingerprint density at radius 2 is 2.24 bits per heavy atom. The molecule has 1 fully saturated rings. The molecule has 0 spiro atoms. The van der Waals surface area contributed by atoms with Crippen LogP contribution in [0.4, 0.5) is 0 Å². The Morgan fingerprint density at radius 1 is 1.53 bits per heavy atom. The van der Waals surface area contributed by atoms with Crippen LogP contribution in [0.2, 0.25) is 0 Å². The Morgan fingerprint density at radius 3 is 2.82 bits per heavy atom. The second kappa shape index (κ2) is 5.33. The largest absolute Gasteiger partial charge is 0.378 e. The minimum atomic E-state index is 0.00963. The molecule has 1 aromatic rings. The minimum Gasteiger partial charge on any atom is -0.378 e. The number of carbonyl (C=O) groups excluding carboxylic acids is 1. The van der Waals surface area contributed by atoms with E-state index in [1.165, 1.54) is 0 Å². The molecule has 17 heavy (non-hydrogen) atoms. The van der Waals surface area contributed by atoms with Crippen molar-refractivity contribution in [1.82, 2.24) is 9.99 Å². The van der Waals surface area contributed by atoms with Crippen LogP contribution in [0.25, 0.3) is 0 Å². The lowest BCUT2D eigenvalue weighted by Gasteiger charge is -2.23. The number of aromatic nitrogens is 1. The van der Waals surface area contributed by atoms with Crippen LogP contribution in [0.1, 0.15) is 17.8 Å². The number of hydrogen-bond donors (Lipinski definition) is 2. The smallest absolute Gasteiger partial charge is 0.240 e. The van der Waals surface area contributed by atoms with E-state index in [1.807, 2.05) is 30.7 Å².